The van der Waals surface area contributed by atoms with Gasteiger partial charge < -0.3 is 45.4 Å². The molecule has 7 rings (SSSR count). The molecule has 5 aromatic rings. The normalized spacial score (nSPS) is 22.8. The first kappa shape index (κ1) is 32.4. The second-order valence-corrected chi connectivity index (χ2v) is 12.2. The van der Waals surface area contributed by atoms with Crippen molar-refractivity contribution in [2.75, 3.05) is 35.2 Å². The van der Waals surface area contributed by atoms with Gasteiger partial charge in [-0.15, -0.1) is 0 Å². The third kappa shape index (κ3) is 6.89. The fourth-order valence-electron chi connectivity index (χ4n) is 6.19. The van der Waals surface area contributed by atoms with Crippen LogP contribution in [0.2, 0.25) is 0 Å². The molecule has 6 N–H and O–H groups in total. The SMILES string of the molecule is CCc1cc([C@H]2O[C@@H](n3cnc4c(N[C@H](CO)Cc5ccccc5)nc(N5CC[C@@H](NC(=O)Nc6cccnc6)C5)nc43)[C@H](O)[C@@H]2O)on1. The Morgan fingerprint density at radius 2 is 1.98 bits per heavy atom. The molecule has 256 valence electrons. The molecule has 2 fully saturated rings. The maximum atomic E-state index is 12.7. The number of aromatic nitrogens is 6. The zero-order valence-corrected chi connectivity index (χ0v) is 26.8. The lowest BCUT2D eigenvalue weighted by atomic mass is 10.1. The Hall–Kier alpha value is -5.16. The minimum atomic E-state index is -1.34. The number of aliphatic hydroxyl groups excluding tert-OH is 3. The van der Waals surface area contributed by atoms with E-state index < -0.39 is 30.6 Å². The van der Waals surface area contributed by atoms with Crippen molar-refractivity contribution in [3.05, 3.63) is 84.3 Å². The van der Waals surface area contributed by atoms with Crippen LogP contribution in [-0.2, 0) is 17.6 Å². The minimum Gasteiger partial charge on any atom is -0.394 e. The van der Waals surface area contributed by atoms with E-state index in [1.807, 2.05) is 42.2 Å². The molecule has 0 bridgehead atoms. The van der Waals surface area contributed by atoms with Crippen molar-refractivity contribution in [3.63, 3.8) is 0 Å². The number of ether oxygens (including phenoxy) is 1. The molecule has 16 nitrogen and oxygen atoms in total. The third-order valence-corrected chi connectivity index (χ3v) is 8.75. The second kappa shape index (κ2) is 14.1. The number of urea groups is 1. The molecule has 2 aliphatic heterocycles. The minimum absolute atomic E-state index is 0.173. The molecule has 6 heterocycles. The van der Waals surface area contributed by atoms with Crippen molar-refractivity contribution in [1.82, 2.24) is 35.0 Å². The van der Waals surface area contributed by atoms with E-state index in [2.05, 4.69) is 31.1 Å². The van der Waals surface area contributed by atoms with E-state index in [4.69, 9.17) is 19.2 Å². The summed E-state index contributed by atoms with van der Waals surface area (Å²) in [5.41, 5.74) is 3.05. The Morgan fingerprint density at radius 3 is 2.73 bits per heavy atom. The van der Waals surface area contributed by atoms with Crippen LogP contribution < -0.4 is 20.9 Å². The van der Waals surface area contributed by atoms with Crippen LogP contribution in [-0.4, -0.2) is 95.0 Å². The highest BCUT2D eigenvalue weighted by Gasteiger charge is 2.47. The lowest BCUT2D eigenvalue weighted by molar-refractivity contribution is -0.0434. The van der Waals surface area contributed by atoms with Gasteiger partial charge in [0.2, 0.25) is 5.95 Å². The number of fused-ring (bicyclic) bond motifs is 1. The summed E-state index contributed by atoms with van der Waals surface area (Å²) < 4.78 is 13.2. The molecule has 0 aliphatic carbocycles. The van der Waals surface area contributed by atoms with Gasteiger partial charge in [0, 0.05) is 31.4 Å². The van der Waals surface area contributed by atoms with Crippen molar-refractivity contribution in [1.29, 1.82) is 0 Å². The summed E-state index contributed by atoms with van der Waals surface area (Å²) in [6.45, 7) is 2.75. The number of carbonyl (C=O) groups excluding carboxylic acids is 1. The highest BCUT2D eigenvalue weighted by Crippen LogP contribution is 2.40. The summed E-state index contributed by atoms with van der Waals surface area (Å²) in [7, 11) is 0. The highest BCUT2D eigenvalue weighted by molar-refractivity contribution is 5.89. The van der Waals surface area contributed by atoms with Crippen molar-refractivity contribution in [2.24, 2.45) is 0 Å². The summed E-state index contributed by atoms with van der Waals surface area (Å²) >= 11 is 0. The van der Waals surface area contributed by atoms with Gasteiger partial charge in [0.05, 0.1) is 36.6 Å². The first-order chi connectivity index (χ1) is 23.9. The molecular formula is C33H38N10O6. The van der Waals surface area contributed by atoms with Crippen LogP contribution in [0.15, 0.2) is 71.8 Å². The molecule has 1 aromatic carbocycles. The molecule has 2 amide bonds. The molecular weight excluding hydrogens is 632 g/mol. The molecule has 0 unspecified atom stereocenters. The fourth-order valence-corrected chi connectivity index (χ4v) is 6.19. The Bertz CT molecular complexity index is 1870. The number of nitrogens with zero attached hydrogens (tertiary/aromatic N) is 7. The van der Waals surface area contributed by atoms with E-state index in [1.165, 1.54) is 6.33 Å². The average Bonchev–Trinajstić information content (AvgIpc) is 3.93. The molecule has 4 aromatic heterocycles. The van der Waals surface area contributed by atoms with Gasteiger partial charge in [0.15, 0.2) is 29.0 Å². The van der Waals surface area contributed by atoms with Gasteiger partial charge in [-0.25, -0.2) is 9.78 Å². The molecule has 16 heteroatoms. The van der Waals surface area contributed by atoms with E-state index in [-0.39, 0.29) is 18.7 Å². The van der Waals surface area contributed by atoms with Crippen molar-refractivity contribution in [3.8, 4) is 0 Å². The zero-order chi connectivity index (χ0) is 33.9. The number of carbonyl (C=O) groups is 1. The Balaban J connectivity index is 1.17. The van der Waals surface area contributed by atoms with Gasteiger partial charge in [-0.05, 0) is 37.0 Å². The van der Waals surface area contributed by atoms with Gasteiger partial charge in [0.25, 0.3) is 0 Å². The zero-order valence-electron chi connectivity index (χ0n) is 26.8. The number of imidazole rings is 1. The molecule has 2 saturated heterocycles. The van der Waals surface area contributed by atoms with Crippen LogP contribution in [0.1, 0.15) is 42.7 Å². The van der Waals surface area contributed by atoms with E-state index in [0.717, 1.165) is 5.56 Å². The van der Waals surface area contributed by atoms with Gasteiger partial charge >= 0.3 is 6.03 Å². The van der Waals surface area contributed by atoms with Crippen molar-refractivity contribution < 1.29 is 29.4 Å². The monoisotopic (exact) mass is 670 g/mol. The lowest BCUT2D eigenvalue weighted by Crippen LogP contribution is -2.40. The maximum Gasteiger partial charge on any atom is 0.319 e. The summed E-state index contributed by atoms with van der Waals surface area (Å²) in [6.07, 6.45) is 1.84. The van der Waals surface area contributed by atoms with Gasteiger partial charge in [-0.1, -0.05) is 42.4 Å². The number of nitrogens with one attached hydrogen (secondary N) is 3. The van der Waals surface area contributed by atoms with Crippen LogP contribution in [0, 0.1) is 0 Å². The van der Waals surface area contributed by atoms with E-state index in [1.54, 1.807) is 35.2 Å². The molecule has 49 heavy (non-hydrogen) atoms. The number of hydrogen-bond acceptors (Lipinski definition) is 13. The number of hydrogen-bond donors (Lipinski definition) is 6. The maximum absolute atomic E-state index is 12.7. The van der Waals surface area contributed by atoms with Gasteiger partial charge in [-0.2, -0.15) is 9.97 Å². The van der Waals surface area contributed by atoms with Crippen LogP contribution in [0.5, 0.6) is 0 Å². The number of benzene rings is 1. The Morgan fingerprint density at radius 1 is 1.12 bits per heavy atom. The van der Waals surface area contributed by atoms with Crippen LogP contribution in [0.3, 0.4) is 0 Å². The number of rotatable bonds is 11. The van der Waals surface area contributed by atoms with Gasteiger partial charge in [-0.3, -0.25) is 9.55 Å². The summed E-state index contributed by atoms with van der Waals surface area (Å²) in [6, 6.07) is 14.1. The van der Waals surface area contributed by atoms with Gasteiger partial charge in [0.1, 0.15) is 18.3 Å². The molecule has 0 saturated carbocycles. The Labute approximate surface area is 281 Å². The first-order valence-corrected chi connectivity index (χ1v) is 16.3. The first-order valence-electron chi connectivity index (χ1n) is 16.3. The number of pyridine rings is 1. The van der Waals surface area contributed by atoms with E-state index >= 15 is 0 Å². The third-order valence-electron chi connectivity index (χ3n) is 8.75. The molecule has 6 atom stereocenters. The average molecular weight is 671 g/mol. The quantitative estimate of drug-likeness (QED) is 0.119. The summed E-state index contributed by atoms with van der Waals surface area (Å²) in [4.78, 5) is 33.0. The van der Waals surface area contributed by atoms with E-state index in [0.29, 0.717) is 72.4 Å². The smallest absolute Gasteiger partial charge is 0.319 e. The van der Waals surface area contributed by atoms with Crippen LogP contribution >= 0.6 is 0 Å². The number of aliphatic hydroxyl groups is 3. The predicted octanol–water partition coefficient (Wildman–Crippen LogP) is 2.18. The number of aryl methyl sites for hydroxylation is 1. The lowest BCUT2D eigenvalue weighted by Gasteiger charge is -2.22. The summed E-state index contributed by atoms with van der Waals surface area (Å²) in [5.74, 6) is 1.05. The number of amides is 2. The highest BCUT2D eigenvalue weighted by atomic mass is 16.6. The molecule has 2 aliphatic rings. The number of anilines is 3. The second-order valence-electron chi connectivity index (χ2n) is 12.2. The largest absolute Gasteiger partial charge is 0.394 e. The predicted molar refractivity (Wildman–Crippen MR) is 178 cm³/mol. The van der Waals surface area contributed by atoms with Crippen LogP contribution in [0.25, 0.3) is 11.2 Å². The van der Waals surface area contributed by atoms with Crippen molar-refractivity contribution in [2.45, 2.75) is 62.8 Å². The fraction of sp³-hybridized carbons (Fsp3) is 0.394. The van der Waals surface area contributed by atoms with Crippen molar-refractivity contribution >= 4 is 34.6 Å². The van der Waals surface area contributed by atoms with Crippen LogP contribution in [0.4, 0.5) is 22.2 Å². The van der Waals surface area contributed by atoms with E-state index in [9.17, 15) is 20.1 Å². The topological polar surface area (TPSA) is 209 Å². The Kier molecular flexibility index (Phi) is 9.34. The summed E-state index contributed by atoms with van der Waals surface area (Å²) in [5, 5.41) is 45.6. The molecule has 0 spiro atoms. The standard InChI is InChI=1S/C33H38N10O6/c1-2-20-14-24(49-41-20)28-26(45)27(46)31(48-28)43-18-35-25-29(36-23(17-44)13-19-7-4-3-5-8-19)39-32(40-30(25)43)42-12-10-22(16-42)38-33(47)37-21-9-6-11-34-15-21/h3-9,11,14-15,18,22-23,26-28,31,44-46H,2,10,12-13,16-17H2,1H3,(H,36,39,40)(H2,37,38,47)/t22-,23+,26+,27-,28-,31-/m1/s1. The molecule has 0 radical (unpaired) electrons.